The largest absolute Gasteiger partial charge is 0.355 e. The summed E-state index contributed by atoms with van der Waals surface area (Å²) in [5.41, 5.74) is 1.07. The molecule has 0 aliphatic carbocycles. The molecular weight excluding hydrogens is 326 g/mol. The molecule has 1 fully saturated rings. The van der Waals surface area contributed by atoms with E-state index in [-0.39, 0.29) is 10.8 Å². The van der Waals surface area contributed by atoms with E-state index in [1.807, 2.05) is 6.07 Å². The SMILES string of the molecule is CS(=O)(=O)c1ccc(C(=O)Nc2cccnc2N2CCCC2)cc1. The molecule has 0 unspecified atom stereocenters. The highest BCUT2D eigenvalue weighted by molar-refractivity contribution is 7.90. The van der Waals surface area contributed by atoms with Crippen molar-refractivity contribution in [2.75, 3.05) is 29.6 Å². The number of rotatable bonds is 4. The van der Waals surface area contributed by atoms with Gasteiger partial charge in [0.1, 0.15) is 0 Å². The van der Waals surface area contributed by atoms with E-state index in [2.05, 4.69) is 15.2 Å². The standard InChI is InChI=1S/C17H19N3O3S/c1-24(22,23)14-8-6-13(7-9-14)17(21)19-15-5-4-10-18-16(15)20-11-2-3-12-20/h4-10H,2-3,11-12H2,1H3,(H,19,21). The predicted molar refractivity (Wildman–Crippen MR) is 93.2 cm³/mol. The van der Waals surface area contributed by atoms with E-state index in [1.165, 1.54) is 24.3 Å². The second-order valence-corrected chi connectivity index (χ2v) is 7.84. The van der Waals surface area contributed by atoms with Gasteiger partial charge in [-0.05, 0) is 49.2 Å². The Kier molecular flexibility index (Phi) is 4.53. The molecule has 2 heterocycles. The lowest BCUT2D eigenvalue weighted by atomic mass is 10.2. The van der Waals surface area contributed by atoms with E-state index < -0.39 is 9.84 Å². The van der Waals surface area contributed by atoms with Crippen molar-refractivity contribution in [3.8, 4) is 0 Å². The number of benzene rings is 1. The fraction of sp³-hybridized carbons (Fsp3) is 0.294. The fourth-order valence-electron chi connectivity index (χ4n) is 2.72. The first-order valence-electron chi connectivity index (χ1n) is 7.76. The summed E-state index contributed by atoms with van der Waals surface area (Å²) in [7, 11) is -3.27. The summed E-state index contributed by atoms with van der Waals surface area (Å²) >= 11 is 0. The van der Waals surface area contributed by atoms with Crippen LogP contribution in [0.4, 0.5) is 11.5 Å². The highest BCUT2D eigenvalue weighted by Crippen LogP contribution is 2.26. The van der Waals surface area contributed by atoms with Gasteiger partial charge in [-0.15, -0.1) is 0 Å². The number of pyridine rings is 1. The first-order chi connectivity index (χ1) is 11.4. The number of nitrogens with one attached hydrogen (secondary N) is 1. The Morgan fingerprint density at radius 3 is 2.42 bits per heavy atom. The number of hydrogen-bond donors (Lipinski definition) is 1. The number of amides is 1. The van der Waals surface area contributed by atoms with Crippen molar-refractivity contribution in [2.24, 2.45) is 0 Å². The van der Waals surface area contributed by atoms with Gasteiger partial charge in [0.2, 0.25) is 0 Å². The smallest absolute Gasteiger partial charge is 0.255 e. The monoisotopic (exact) mass is 345 g/mol. The quantitative estimate of drug-likeness (QED) is 0.920. The van der Waals surface area contributed by atoms with Crippen LogP contribution in [-0.4, -0.2) is 38.7 Å². The van der Waals surface area contributed by atoms with Gasteiger partial charge >= 0.3 is 0 Å². The van der Waals surface area contributed by atoms with Gasteiger partial charge in [0.05, 0.1) is 10.6 Å². The van der Waals surface area contributed by atoms with Gasteiger partial charge in [-0.2, -0.15) is 0 Å². The fourth-order valence-corrected chi connectivity index (χ4v) is 3.35. The molecule has 3 rings (SSSR count). The first-order valence-corrected chi connectivity index (χ1v) is 9.66. The summed E-state index contributed by atoms with van der Waals surface area (Å²) in [6.07, 6.45) is 5.10. The molecule has 1 saturated heterocycles. The molecule has 1 aliphatic heterocycles. The molecule has 24 heavy (non-hydrogen) atoms. The minimum atomic E-state index is -3.27. The van der Waals surface area contributed by atoms with Crippen LogP contribution >= 0.6 is 0 Å². The Morgan fingerprint density at radius 2 is 1.79 bits per heavy atom. The van der Waals surface area contributed by atoms with Crippen molar-refractivity contribution < 1.29 is 13.2 Å². The van der Waals surface area contributed by atoms with Crippen LogP contribution in [0.1, 0.15) is 23.2 Å². The second-order valence-electron chi connectivity index (χ2n) is 5.82. The number of carbonyl (C=O) groups excluding carboxylic acids is 1. The average molecular weight is 345 g/mol. The Bertz CT molecular complexity index is 842. The second kappa shape index (κ2) is 6.60. The summed E-state index contributed by atoms with van der Waals surface area (Å²) in [6.45, 7) is 1.87. The molecule has 0 bridgehead atoms. The van der Waals surface area contributed by atoms with Crippen molar-refractivity contribution in [1.82, 2.24) is 4.98 Å². The molecule has 1 aromatic heterocycles. The highest BCUT2D eigenvalue weighted by atomic mass is 32.2. The maximum atomic E-state index is 12.4. The summed E-state index contributed by atoms with van der Waals surface area (Å²) in [6, 6.07) is 9.50. The Hall–Kier alpha value is -2.41. The normalized spacial score (nSPS) is 14.6. The minimum absolute atomic E-state index is 0.193. The summed E-state index contributed by atoms with van der Waals surface area (Å²) in [4.78, 5) is 19.2. The van der Waals surface area contributed by atoms with Gasteiger partial charge in [0.25, 0.3) is 5.91 Å². The lowest BCUT2D eigenvalue weighted by Crippen LogP contribution is -2.22. The van der Waals surface area contributed by atoms with Crippen molar-refractivity contribution >= 4 is 27.2 Å². The lowest BCUT2D eigenvalue weighted by Gasteiger charge is -2.20. The number of hydrogen-bond acceptors (Lipinski definition) is 5. The molecule has 1 amide bonds. The van der Waals surface area contributed by atoms with Gasteiger partial charge in [0, 0.05) is 31.1 Å². The van der Waals surface area contributed by atoms with Gasteiger partial charge in [-0.3, -0.25) is 4.79 Å². The van der Waals surface area contributed by atoms with Crippen LogP contribution in [0.5, 0.6) is 0 Å². The summed E-state index contributed by atoms with van der Waals surface area (Å²) < 4.78 is 23.0. The lowest BCUT2D eigenvalue weighted by molar-refractivity contribution is 0.102. The number of aromatic nitrogens is 1. The predicted octanol–water partition coefficient (Wildman–Crippen LogP) is 2.34. The molecule has 126 valence electrons. The van der Waals surface area contributed by atoms with Crippen LogP contribution in [0.25, 0.3) is 0 Å². The van der Waals surface area contributed by atoms with Crippen molar-refractivity contribution in [1.29, 1.82) is 0 Å². The number of nitrogens with zero attached hydrogens (tertiary/aromatic N) is 2. The van der Waals surface area contributed by atoms with Crippen LogP contribution in [0.2, 0.25) is 0 Å². The van der Waals surface area contributed by atoms with Gasteiger partial charge < -0.3 is 10.2 Å². The topological polar surface area (TPSA) is 79.4 Å². The highest BCUT2D eigenvalue weighted by Gasteiger charge is 2.18. The van der Waals surface area contributed by atoms with E-state index in [9.17, 15) is 13.2 Å². The Morgan fingerprint density at radius 1 is 1.12 bits per heavy atom. The molecule has 1 aromatic carbocycles. The molecule has 7 heteroatoms. The third kappa shape index (κ3) is 3.56. The molecule has 2 aromatic rings. The molecule has 0 atom stereocenters. The van der Waals surface area contributed by atoms with E-state index in [1.54, 1.807) is 12.3 Å². The number of sulfone groups is 1. The van der Waals surface area contributed by atoms with E-state index >= 15 is 0 Å². The molecule has 0 saturated carbocycles. The van der Waals surface area contributed by atoms with Crippen LogP contribution in [-0.2, 0) is 9.84 Å². The molecule has 6 nitrogen and oxygen atoms in total. The Labute approximate surface area is 141 Å². The van der Waals surface area contributed by atoms with Crippen molar-refractivity contribution in [2.45, 2.75) is 17.7 Å². The third-order valence-corrected chi connectivity index (χ3v) is 5.11. The zero-order valence-corrected chi connectivity index (χ0v) is 14.2. The minimum Gasteiger partial charge on any atom is -0.355 e. The van der Waals surface area contributed by atoms with E-state index in [0.717, 1.165) is 38.0 Å². The van der Waals surface area contributed by atoms with E-state index in [4.69, 9.17) is 0 Å². The van der Waals surface area contributed by atoms with Gasteiger partial charge in [-0.1, -0.05) is 0 Å². The van der Waals surface area contributed by atoms with Crippen LogP contribution < -0.4 is 10.2 Å². The molecule has 1 N–H and O–H groups in total. The van der Waals surface area contributed by atoms with Gasteiger partial charge in [-0.25, -0.2) is 13.4 Å². The Balaban J connectivity index is 1.80. The maximum Gasteiger partial charge on any atom is 0.255 e. The zero-order chi connectivity index (χ0) is 17.2. The van der Waals surface area contributed by atoms with Crippen LogP contribution in [0.3, 0.4) is 0 Å². The van der Waals surface area contributed by atoms with Crippen molar-refractivity contribution in [3.63, 3.8) is 0 Å². The zero-order valence-electron chi connectivity index (χ0n) is 13.4. The maximum absolute atomic E-state index is 12.4. The third-order valence-electron chi connectivity index (χ3n) is 3.99. The molecule has 1 aliphatic rings. The molecule has 0 radical (unpaired) electrons. The molecular formula is C17H19N3O3S. The van der Waals surface area contributed by atoms with Crippen LogP contribution in [0.15, 0.2) is 47.5 Å². The van der Waals surface area contributed by atoms with Crippen molar-refractivity contribution in [3.05, 3.63) is 48.2 Å². The summed E-state index contributed by atoms with van der Waals surface area (Å²) in [5, 5.41) is 2.87. The summed E-state index contributed by atoms with van der Waals surface area (Å²) in [5.74, 6) is 0.486. The number of anilines is 2. The van der Waals surface area contributed by atoms with E-state index in [0.29, 0.717) is 11.3 Å². The first kappa shape index (κ1) is 16.4. The average Bonchev–Trinajstić information content (AvgIpc) is 3.09. The van der Waals surface area contributed by atoms with Gasteiger partial charge in [0.15, 0.2) is 15.7 Å². The number of carbonyl (C=O) groups is 1. The molecule has 0 spiro atoms. The van der Waals surface area contributed by atoms with Crippen LogP contribution in [0, 0.1) is 0 Å².